The van der Waals surface area contributed by atoms with Gasteiger partial charge >= 0.3 is 0 Å². The van der Waals surface area contributed by atoms with E-state index in [0.717, 1.165) is 0 Å². The summed E-state index contributed by atoms with van der Waals surface area (Å²) in [5.74, 6) is -0.727. The molecule has 2 amide bonds. The molecule has 6 heteroatoms. The summed E-state index contributed by atoms with van der Waals surface area (Å²) in [7, 11) is 0. The van der Waals surface area contributed by atoms with E-state index in [0.29, 0.717) is 13.1 Å². The zero-order valence-corrected chi connectivity index (χ0v) is 12.1. The van der Waals surface area contributed by atoms with Gasteiger partial charge in [0.25, 0.3) is 0 Å². The fourth-order valence-corrected chi connectivity index (χ4v) is 1.47. The number of nitriles is 1. The average Bonchev–Trinajstić information content (AvgIpc) is 2.40. The van der Waals surface area contributed by atoms with Crippen molar-refractivity contribution in [2.24, 2.45) is 17.6 Å². The van der Waals surface area contributed by atoms with E-state index in [1.165, 1.54) is 0 Å². The van der Waals surface area contributed by atoms with Crippen LogP contribution >= 0.6 is 0 Å². The minimum atomic E-state index is -0.610. The van der Waals surface area contributed by atoms with Gasteiger partial charge in [0.1, 0.15) is 0 Å². The molecule has 0 bridgehead atoms. The summed E-state index contributed by atoms with van der Waals surface area (Å²) in [6.45, 7) is 8.09. The lowest BCUT2D eigenvalue weighted by Gasteiger charge is -2.23. The molecule has 19 heavy (non-hydrogen) atoms. The van der Waals surface area contributed by atoms with Gasteiger partial charge in [0.2, 0.25) is 11.8 Å². The van der Waals surface area contributed by atoms with Crippen molar-refractivity contribution in [2.45, 2.75) is 33.7 Å². The molecule has 0 fully saturated rings. The second-order valence-electron chi connectivity index (χ2n) is 4.95. The highest BCUT2D eigenvalue weighted by Crippen LogP contribution is 2.00. The van der Waals surface area contributed by atoms with Crippen LogP contribution in [0.25, 0.3) is 0 Å². The number of carbonyl (C=O) groups is 2. The maximum atomic E-state index is 11.9. The van der Waals surface area contributed by atoms with Crippen LogP contribution in [-0.2, 0) is 9.59 Å². The molecule has 0 aromatic carbocycles. The molecule has 0 radical (unpaired) electrons. The Balaban J connectivity index is 4.29. The smallest absolute Gasteiger partial charge is 0.241 e. The third-order valence-corrected chi connectivity index (χ3v) is 2.88. The Labute approximate surface area is 114 Å². The molecular weight excluding hydrogens is 244 g/mol. The van der Waals surface area contributed by atoms with Gasteiger partial charge < -0.3 is 16.0 Å². The first-order valence-electron chi connectivity index (χ1n) is 6.54. The zero-order chi connectivity index (χ0) is 15.0. The summed E-state index contributed by atoms with van der Waals surface area (Å²) in [6.07, 6.45) is 0. The number of nitrogens with two attached hydrogens (primary N) is 1. The predicted molar refractivity (Wildman–Crippen MR) is 72.9 cm³/mol. The third-order valence-electron chi connectivity index (χ3n) is 2.88. The van der Waals surface area contributed by atoms with E-state index in [1.54, 1.807) is 11.8 Å². The summed E-state index contributed by atoms with van der Waals surface area (Å²) in [5.41, 5.74) is 5.68. The van der Waals surface area contributed by atoms with Crippen molar-refractivity contribution in [2.75, 3.05) is 19.6 Å². The first-order chi connectivity index (χ1) is 8.83. The van der Waals surface area contributed by atoms with Crippen molar-refractivity contribution < 1.29 is 9.59 Å². The molecule has 0 aromatic rings. The van der Waals surface area contributed by atoms with Crippen molar-refractivity contribution in [1.29, 1.82) is 5.26 Å². The van der Waals surface area contributed by atoms with Crippen molar-refractivity contribution in [3.63, 3.8) is 0 Å². The normalized spacial score (nSPS) is 13.5. The van der Waals surface area contributed by atoms with E-state index in [1.807, 2.05) is 20.8 Å². The molecule has 1 unspecified atom stereocenters. The lowest BCUT2D eigenvalue weighted by molar-refractivity contribution is -0.133. The largest absolute Gasteiger partial charge is 0.346 e. The van der Waals surface area contributed by atoms with Gasteiger partial charge in [0.15, 0.2) is 0 Å². The summed E-state index contributed by atoms with van der Waals surface area (Å²) in [5, 5.41) is 11.3. The number of amides is 2. The standard InChI is InChI=1S/C13H24N4O2/c1-5-17(8-10(4)6-14)11(18)7-16-13(19)12(15)9(2)3/h9-10,12H,5,7-8,15H2,1-4H3,(H,16,19)/t10?,12-/m0/s1. The predicted octanol–water partition coefficient (Wildman–Crippen LogP) is 0.0941. The Kier molecular flexibility index (Phi) is 7.77. The first kappa shape index (κ1) is 17.4. The van der Waals surface area contributed by atoms with Crippen LogP contribution in [0.3, 0.4) is 0 Å². The minimum absolute atomic E-state index is 0.0241. The fraction of sp³-hybridized carbons (Fsp3) is 0.769. The third kappa shape index (κ3) is 6.20. The molecule has 0 heterocycles. The summed E-state index contributed by atoms with van der Waals surface area (Å²) >= 11 is 0. The minimum Gasteiger partial charge on any atom is -0.346 e. The maximum Gasteiger partial charge on any atom is 0.241 e. The summed E-state index contributed by atoms with van der Waals surface area (Å²) in [6, 6.07) is 1.47. The highest BCUT2D eigenvalue weighted by Gasteiger charge is 2.19. The SMILES string of the molecule is CCN(CC(C)C#N)C(=O)CNC(=O)[C@@H](N)C(C)C. The summed E-state index contributed by atoms with van der Waals surface area (Å²) in [4.78, 5) is 25.1. The van der Waals surface area contributed by atoms with Crippen molar-refractivity contribution in [3.8, 4) is 6.07 Å². The zero-order valence-electron chi connectivity index (χ0n) is 12.1. The molecule has 0 spiro atoms. The molecule has 0 saturated carbocycles. The quantitative estimate of drug-likeness (QED) is 0.683. The second kappa shape index (κ2) is 8.48. The number of carbonyl (C=O) groups excluding carboxylic acids is 2. The highest BCUT2D eigenvalue weighted by atomic mass is 16.2. The van der Waals surface area contributed by atoms with Gasteiger partial charge in [-0.2, -0.15) is 5.26 Å². The Bertz CT molecular complexity index is 349. The fourth-order valence-electron chi connectivity index (χ4n) is 1.47. The van der Waals surface area contributed by atoms with Crippen LogP contribution in [0.4, 0.5) is 0 Å². The second-order valence-corrected chi connectivity index (χ2v) is 4.95. The Morgan fingerprint density at radius 1 is 1.37 bits per heavy atom. The molecule has 2 atom stereocenters. The van der Waals surface area contributed by atoms with Crippen LogP contribution in [-0.4, -0.2) is 42.4 Å². The number of hydrogen-bond acceptors (Lipinski definition) is 4. The van der Waals surface area contributed by atoms with Crippen molar-refractivity contribution in [3.05, 3.63) is 0 Å². The molecule has 0 rings (SSSR count). The van der Waals surface area contributed by atoms with Crippen LogP contribution in [0, 0.1) is 23.2 Å². The molecule has 108 valence electrons. The van der Waals surface area contributed by atoms with Crippen LogP contribution in [0.2, 0.25) is 0 Å². The van der Waals surface area contributed by atoms with Gasteiger partial charge in [0, 0.05) is 13.1 Å². The average molecular weight is 268 g/mol. The number of hydrogen-bond donors (Lipinski definition) is 2. The Morgan fingerprint density at radius 2 is 1.95 bits per heavy atom. The molecule has 6 nitrogen and oxygen atoms in total. The Morgan fingerprint density at radius 3 is 2.37 bits per heavy atom. The van der Waals surface area contributed by atoms with Crippen molar-refractivity contribution in [1.82, 2.24) is 10.2 Å². The van der Waals surface area contributed by atoms with Gasteiger partial charge in [-0.15, -0.1) is 0 Å². The van der Waals surface area contributed by atoms with Crippen LogP contribution in [0.5, 0.6) is 0 Å². The van der Waals surface area contributed by atoms with E-state index in [-0.39, 0.29) is 30.2 Å². The molecule has 0 aromatic heterocycles. The van der Waals surface area contributed by atoms with E-state index in [9.17, 15) is 9.59 Å². The van der Waals surface area contributed by atoms with Gasteiger partial charge in [-0.05, 0) is 19.8 Å². The van der Waals surface area contributed by atoms with Crippen LogP contribution in [0.1, 0.15) is 27.7 Å². The van der Waals surface area contributed by atoms with Crippen LogP contribution in [0.15, 0.2) is 0 Å². The lowest BCUT2D eigenvalue weighted by atomic mass is 10.1. The van der Waals surface area contributed by atoms with Gasteiger partial charge in [-0.1, -0.05) is 13.8 Å². The van der Waals surface area contributed by atoms with E-state index < -0.39 is 6.04 Å². The molecule has 0 aliphatic heterocycles. The topological polar surface area (TPSA) is 99.2 Å². The molecule has 3 N–H and O–H groups in total. The number of nitrogens with one attached hydrogen (secondary N) is 1. The van der Waals surface area contributed by atoms with E-state index in [4.69, 9.17) is 11.0 Å². The lowest BCUT2D eigenvalue weighted by Crippen LogP contribution is -2.48. The maximum absolute atomic E-state index is 11.9. The van der Waals surface area contributed by atoms with Gasteiger partial charge in [-0.25, -0.2) is 0 Å². The number of likely N-dealkylation sites (N-methyl/N-ethyl adjacent to an activating group) is 1. The monoisotopic (exact) mass is 268 g/mol. The van der Waals surface area contributed by atoms with Crippen LogP contribution < -0.4 is 11.1 Å². The molecular formula is C13H24N4O2. The van der Waals surface area contributed by atoms with E-state index in [2.05, 4.69) is 11.4 Å². The van der Waals surface area contributed by atoms with Gasteiger partial charge in [0.05, 0.1) is 24.6 Å². The number of rotatable bonds is 7. The van der Waals surface area contributed by atoms with Gasteiger partial charge in [-0.3, -0.25) is 9.59 Å². The molecule has 0 aliphatic rings. The Hall–Kier alpha value is -1.61. The number of nitrogens with zero attached hydrogens (tertiary/aromatic N) is 2. The first-order valence-corrected chi connectivity index (χ1v) is 6.54. The van der Waals surface area contributed by atoms with Crippen molar-refractivity contribution >= 4 is 11.8 Å². The highest BCUT2D eigenvalue weighted by molar-refractivity contribution is 5.87. The molecule has 0 aliphatic carbocycles. The molecule has 0 saturated heterocycles. The van der Waals surface area contributed by atoms with E-state index >= 15 is 0 Å². The summed E-state index contributed by atoms with van der Waals surface area (Å²) < 4.78 is 0.